The first-order valence-corrected chi connectivity index (χ1v) is 7.51. The zero-order valence-electron chi connectivity index (χ0n) is 13.5. The van der Waals surface area contributed by atoms with Crippen molar-refractivity contribution in [2.75, 3.05) is 33.8 Å². The van der Waals surface area contributed by atoms with Gasteiger partial charge in [0.25, 0.3) is 0 Å². The van der Waals surface area contributed by atoms with Crippen LogP contribution in [0.15, 0.2) is 4.99 Å². The third-order valence-corrected chi connectivity index (χ3v) is 3.77. The predicted octanol–water partition coefficient (Wildman–Crippen LogP) is 1.74. The highest BCUT2D eigenvalue weighted by atomic mass is 16.5. The molecule has 1 fully saturated rings. The van der Waals surface area contributed by atoms with E-state index in [1.54, 1.807) is 7.05 Å². The minimum Gasteiger partial charge on any atom is -0.469 e. The summed E-state index contributed by atoms with van der Waals surface area (Å²) in [7, 11) is 3.21. The number of ether oxygens (including phenoxy) is 1. The summed E-state index contributed by atoms with van der Waals surface area (Å²) in [5.74, 6) is 2.05. The third kappa shape index (κ3) is 5.02. The minimum atomic E-state index is -0.188. The average molecular weight is 283 g/mol. The topological polar surface area (TPSA) is 53.9 Å². The first-order valence-electron chi connectivity index (χ1n) is 7.51. The lowest BCUT2D eigenvalue weighted by Crippen LogP contribution is -2.42. The van der Waals surface area contributed by atoms with Crippen molar-refractivity contribution in [3.63, 3.8) is 0 Å². The van der Waals surface area contributed by atoms with Crippen molar-refractivity contribution in [2.24, 2.45) is 22.7 Å². The maximum absolute atomic E-state index is 11.4. The molecule has 1 rings (SSSR count). The molecule has 2 unspecified atom stereocenters. The summed E-state index contributed by atoms with van der Waals surface area (Å²) in [5.41, 5.74) is 0. The lowest BCUT2D eigenvalue weighted by molar-refractivity contribution is -0.144. The fraction of sp³-hybridized carbons (Fsp3) is 0.867. The number of hydrogen-bond acceptors (Lipinski definition) is 3. The number of nitrogens with one attached hydrogen (secondary N) is 1. The number of guanidine groups is 1. The van der Waals surface area contributed by atoms with Crippen LogP contribution in [0.25, 0.3) is 0 Å². The number of likely N-dealkylation sites (tertiary alicyclic amines) is 1. The van der Waals surface area contributed by atoms with E-state index in [1.807, 2.05) is 6.92 Å². The van der Waals surface area contributed by atoms with Crippen LogP contribution in [0.3, 0.4) is 0 Å². The van der Waals surface area contributed by atoms with E-state index in [-0.39, 0.29) is 11.9 Å². The van der Waals surface area contributed by atoms with Crippen molar-refractivity contribution in [2.45, 2.75) is 33.6 Å². The highest BCUT2D eigenvalue weighted by molar-refractivity contribution is 5.81. The van der Waals surface area contributed by atoms with Gasteiger partial charge in [-0.15, -0.1) is 0 Å². The maximum atomic E-state index is 11.4. The molecule has 0 spiro atoms. The van der Waals surface area contributed by atoms with E-state index in [9.17, 15) is 4.79 Å². The molecule has 116 valence electrons. The molecular weight excluding hydrogens is 254 g/mol. The van der Waals surface area contributed by atoms with Gasteiger partial charge in [0.15, 0.2) is 5.96 Å². The standard InChI is InChI=1S/C15H29N3O2/c1-11(2)8-13-6-7-18(10-13)15(16-4)17-9-12(3)14(19)20-5/h11-13H,6-10H2,1-5H3,(H,16,17). The summed E-state index contributed by atoms with van der Waals surface area (Å²) < 4.78 is 4.73. The Balaban J connectivity index is 2.42. The first-order chi connectivity index (χ1) is 9.47. The third-order valence-electron chi connectivity index (χ3n) is 3.77. The summed E-state index contributed by atoms with van der Waals surface area (Å²) >= 11 is 0. The largest absolute Gasteiger partial charge is 0.469 e. The highest BCUT2D eigenvalue weighted by Gasteiger charge is 2.25. The van der Waals surface area contributed by atoms with E-state index in [0.717, 1.165) is 30.9 Å². The number of esters is 1. The van der Waals surface area contributed by atoms with Gasteiger partial charge in [-0.1, -0.05) is 20.8 Å². The minimum absolute atomic E-state index is 0.161. The molecule has 0 aliphatic carbocycles. The van der Waals surface area contributed by atoms with Gasteiger partial charge in [0.2, 0.25) is 0 Å². The van der Waals surface area contributed by atoms with Gasteiger partial charge in [-0.05, 0) is 24.7 Å². The van der Waals surface area contributed by atoms with Gasteiger partial charge in [0, 0.05) is 26.7 Å². The fourth-order valence-corrected chi connectivity index (χ4v) is 2.75. The Bertz CT molecular complexity index is 342. The molecule has 1 aliphatic heterocycles. The number of methoxy groups -OCH3 is 1. The number of carbonyl (C=O) groups is 1. The first kappa shape index (κ1) is 16.8. The molecule has 1 heterocycles. The molecule has 0 radical (unpaired) electrons. The van der Waals surface area contributed by atoms with E-state index in [1.165, 1.54) is 20.0 Å². The molecule has 0 saturated carbocycles. The molecule has 2 atom stereocenters. The van der Waals surface area contributed by atoms with E-state index in [4.69, 9.17) is 4.74 Å². The van der Waals surface area contributed by atoms with Crippen molar-refractivity contribution in [1.29, 1.82) is 0 Å². The van der Waals surface area contributed by atoms with Gasteiger partial charge in [0.1, 0.15) is 0 Å². The summed E-state index contributed by atoms with van der Waals surface area (Å²) in [6, 6.07) is 0. The van der Waals surface area contributed by atoms with Gasteiger partial charge in [0.05, 0.1) is 13.0 Å². The normalized spacial score (nSPS) is 21.2. The van der Waals surface area contributed by atoms with Crippen LogP contribution in [-0.2, 0) is 9.53 Å². The van der Waals surface area contributed by atoms with E-state index in [0.29, 0.717) is 6.54 Å². The predicted molar refractivity (Wildman–Crippen MR) is 81.7 cm³/mol. The van der Waals surface area contributed by atoms with E-state index >= 15 is 0 Å². The summed E-state index contributed by atoms with van der Waals surface area (Å²) in [6.07, 6.45) is 2.50. The molecule has 5 heteroatoms. The van der Waals surface area contributed by atoms with Crippen LogP contribution in [0.5, 0.6) is 0 Å². The molecule has 0 aromatic carbocycles. The Hall–Kier alpha value is -1.26. The van der Waals surface area contributed by atoms with Crippen molar-refractivity contribution in [1.82, 2.24) is 10.2 Å². The van der Waals surface area contributed by atoms with Crippen LogP contribution in [0.4, 0.5) is 0 Å². The monoisotopic (exact) mass is 283 g/mol. The van der Waals surface area contributed by atoms with Crippen LogP contribution in [0.1, 0.15) is 33.6 Å². The number of rotatable bonds is 5. The lowest BCUT2D eigenvalue weighted by Gasteiger charge is -2.23. The Kier molecular flexibility index (Phi) is 6.82. The zero-order valence-corrected chi connectivity index (χ0v) is 13.5. The molecule has 0 amide bonds. The Morgan fingerprint density at radius 2 is 2.15 bits per heavy atom. The molecule has 1 aliphatic rings. The van der Waals surface area contributed by atoms with Crippen LogP contribution < -0.4 is 5.32 Å². The molecule has 5 nitrogen and oxygen atoms in total. The molecule has 1 N–H and O–H groups in total. The van der Waals surface area contributed by atoms with Gasteiger partial charge in [-0.3, -0.25) is 9.79 Å². The van der Waals surface area contributed by atoms with Gasteiger partial charge >= 0.3 is 5.97 Å². The quantitative estimate of drug-likeness (QED) is 0.474. The van der Waals surface area contributed by atoms with Crippen LogP contribution >= 0.6 is 0 Å². The average Bonchev–Trinajstić information content (AvgIpc) is 2.85. The van der Waals surface area contributed by atoms with Crippen LogP contribution in [0.2, 0.25) is 0 Å². The fourth-order valence-electron chi connectivity index (χ4n) is 2.75. The summed E-state index contributed by atoms with van der Waals surface area (Å²) in [6.45, 7) is 9.07. The highest BCUT2D eigenvalue weighted by Crippen LogP contribution is 2.23. The number of aliphatic imine (C=N–C) groups is 1. The van der Waals surface area contributed by atoms with E-state index < -0.39 is 0 Å². The zero-order chi connectivity index (χ0) is 15.1. The second-order valence-corrected chi connectivity index (χ2v) is 6.08. The Labute approximate surface area is 122 Å². The Morgan fingerprint density at radius 1 is 1.45 bits per heavy atom. The van der Waals surface area contributed by atoms with Crippen LogP contribution in [0, 0.1) is 17.8 Å². The van der Waals surface area contributed by atoms with Gasteiger partial charge < -0.3 is 15.0 Å². The number of hydrogen-bond donors (Lipinski definition) is 1. The lowest BCUT2D eigenvalue weighted by atomic mass is 9.97. The second-order valence-electron chi connectivity index (χ2n) is 6.08. The molecule has 0 aromatic heterocycles. The summed E-state index contributed by atoms with van der Waals surface area (Å²) in [4.78, 5) is 18.0. The second kappa shape index (κ2) is 8.12. The number of nitrogens with zero attached hydrogens (tertiary/aromatic N) is 2. The molecular formula is C15H29N3O2. The van der Waals surface area contributed by atoms with E-state index in [2.05, 4.69) is 29.1 Å². The number of carbonyl (C=O) groups excluding carboxylic acids is 1. The van der Waals surface area contributed by atoms with Crippen LogP contribution in [-0.4, -0.2) is 50.6 Å². The van der Waals surface area contributed by atoms with Crippen molar-refractivity contribution in [3.8, 4) is 0 Å². The molecule has 20 heavy (non-hydrogen) atoms. The van der Waals surface area contributed by atoms with Crippen molar-refractivity contribution in [3.05, 3.63) is 0 Å². The van der Waals surface area contributed by atoms with Gasteiger partial charge in [-0.25, -0.2) is 0 Å². The molecule has 1 saturated heterocycles. The smallest absolute Gasteiger partial charge is 0.310 e. The van der Waals surface area contributed by atoms with Crippen molar-refractivity contribution < 1.29 is 9.53 Å². The maximum Gasteiger partial charge on any atom is 0.310 e. The van der Waals surface area contributed by atoms with Crippen molar-refractivity contribution >= 4 is 11.9 Å². The Morgan fingerprint density at radius 3 is 2.70 bits per heavy atom. The van der Waals surface area contributed by atoms with Gasteiger partial charge in [-0.2, -0.15) is 0 Å². The molecule has 0 bridgehead atoms. The summed E-state index contributed by atoms with van der Waals surface area (Å²) in [5, 5.41) is 3.28. The SMILES string of the molecule is CN=C(NCC(C)C(=O)OC)N1CCC(CC(C)C)C1. The molecule has 0 aromatic rings.